The van der Waals surface area contributed by atoms with Crippen molar-refractivity contribution < 1.29 is 4.74 Å². The SMILES string of the molecule is N#Cc1ccc(C=C(Cc2ccccc2)N2CCOCC2)cc1. The Morgan fingerprint density at radius 2 is 1.74 bits per heavy atom. The molecule has 0 aliphatic carbocycles. The molecule has 1 aliphatic rings. The predicted molar refractivity (Wildman–Crippen MR) is 91.7 cm³/mol. The zero-order valence-corrected chi connectivity index (χ0v) is 13.1. The van der Waals surface area contributed by atoms with Gasteiger partial charge in [-0.1, -0.05) is 42.5 Å². The number of nitrogens with zero attached hydrogens (tertiary/aromatic N) is 2. The van der Waals surface area contributed by atoms with Crippen LogP contribution in [0.3, 0.4) is 0 Å². The first-order chi connectivity index (χ1) is 11.3. The van der Waals surface area contributed by atoms with E-state index in [9.17, 15) is 0 Å². The molecule has 3 rings (SSSR count). The number of ether oxygens (including phenoxy) is 1. The van der Waals surface area contributed by atoms with Gasteiger partial charge in [0.25, 0.3) is 0 Å². The van der Waals surface area contributed by atoms with E-state index in [0.29, 0.717) is 5.56 Å². The first kappa shape index (κ1) is 15.3. The van der Waals surface area contributed by atoms with Crippen LogP contribution in [0.1, 0.15) is 16.7 Å². The fraction of sp³-hybridized carbons (Fsp3) is 0.250. The molecule has 2 aromatic carbocycles. The van der Waals surface area contributed by atoms with Crippen LogP contribution in [-0.2, 0) is 11.2 Å². The van der Waals surface area contributed by atoms with Gasteiger partial charge in [-0.15, -0.1) is 0 Å². The Bertz CT molecular complexity index is 693. The Kier molecular flexibility index (Phi) is 5.08. The van der Waals surface area contributed by atoms with Crippen molar-refractivity contribution in [1.82, 2.24) is 4.90 Å². The minimum Gasteiger partial charge on any atom is -0.378 e. The Morgan fingerprint density at radius 1 is 1.04 bits per heavy atom. The smallest absolute Gasteiger partial charge is 0.0991 e. The topological polar surface area (TPSA) is 36.3 Å². The summed E-state index contributed by atoms with van der Waals surface area (Å²) in [4.78, 5) is 2.40. The van der Waals surface area contributed by atoms with Gasteiger partial charge in [0.1, 0.15) is 0 Å². The van der Waals surface area contributed by atoms with E-state index < -0.39 is 0 Å². The largest absolute Gasteiger partial charge is 0.378 e. The van der Waals surface area contributed by atoms with Gasteiger partial charge in [-0.25, -0.2) is 0 Å². The number of allylic oxidation sites excluding steroid dienone is 1. The van der Waals surface area contributed by atoms with Crippen molar-refractivity contribution in [2.75, 3.05) is 26.3 Å². The molecule has 2 aromatic rings. The Hall–Kier alpha value is -2.57. The van der Waals surface area contributed by atoms with Crippen LogP contribution in [-0.4, -0.2) is 31.2 Å². The number of benzene rings is 2. The maximum Gasteiger partial charge on any atom is 0.0991 e. The van der Waals surface area contributed by atoms with Crippen molar-refractivity contribution in [3.05, 3.63) is 77.0 Å². The van der Waals surface area contributed by atoms with Crippen molar-refractivity contribution in [3.8, 4) is 6.07 Å². The third-order valence-electron chi connectivity index (χ3n) is 4.02. The highest BCUT2D eigenvalue weighted by molar-refractivity contribution is 5.54. The molecule has 3 nitrogen and oxygen atoms in total. The van der Waals surface area contributed by atoms with Crippen LogP contribution in [0.2, 0.25) is 0 Å². The molecule has 1 heterocycles. The molecule has 0 saturated carbocycles. The predicted octanol–water partition coefficient (Wildman–Crippen LogP) is 3.47. The normalized spacial score (nSPS) is 15.3. The van der Waals surface area contributed by atoms with Gasteiger partial charge in [0.2, 0.25) is 0 Å². The summed E-state index contributed by atoms with van der Waals surface area (Å²) < 4.78 is 5.48. The summed E-state index contributed by atoms with van der Waals surface area (Å²) in [6.45, 7) is 3.41. The average Bonchev–Trinajstić information content (AvgIpc) is 2.63. The van der Waals surface area contributed by atoms with Gasteiger partial charge in [0, 0.05) is 25.2 Å². The van der Waals surface area contributed by atoms with Gasteiger partial charge in [0.05, 0.1) is 24.8 Å². The van der Waals surface area contributed by atoms with E-state index in [2.05, 4.69) is 41.3 Å². The van der Waals surface area contributed by atoms with Crippen LogP contribution in [0.15, 0.2) is 60.3 Å². The van der Waals surface area contributed by atoms with Crippen LogP contribution in [0.5, 0.6) is 0 Å². The van der Waals surface area contributed by atoms with E-state index in [1.165, 1.54) is 11.3 Å². The van der Waals surface area contributed by atoms with Crippen molar-refractivity contribution in [1.29, 1.82) is 5.26 Å². The summed E-state index contributed by atoms with van der Waals surface area (Å²) in [7, 11) is 0. The summed E-state index contributed by atoms with van der Waals surface area (Å²) in [6.07, 6.45) is 3.13. The lowest BCUT2D eigenvalue weighted by Gasteiger charge is -2.31. The average molecular weight is 304 g/mol. The number of hydrogen-bond donors (Lipinski definition) is 0. The molecule has 0 aromatic heterocycles. The van der Waals surface area contributed by atoms with Crippen molar-refractivity contribution in [2.24, 2.45) is 0 Å². The minimum absolute atomic E-state index is 0.693. The summed E-state index contributed by atoms with van der Waals surface area (Å²) in [5.74, 6) is 0. The molecule has 3 heteroatoms. The van der Waals surface area contributed by atoms with E-state index >= 15 is 0 Å². The second-order valence-electron chi connectivity index (χ2n) is 5.63. The van der Waals surface area contributed by atoms with Gasteiger partial charge in [-0.3, -0.25) is 0 Å². The van der Waals surface area contributed by atoms with E-state index in [1.807, 2.05) is 30.3 Å². The molecule has 0 spiro atoms. The third-order valence-corrected chi connectivity index (χ3v) is 4.02. The van der Waals surface area contributed by atoms with Crippen LogP contribution in [0.4, 0.5) is 0 Å². The molecule has 0 bridgehead atoms. The molecular formula is C20H20N2O. The van der Waals surface area contributed by atoms with Crippen molar-refractivity contribution in [3.63, 3.8) is 0 Å². The maximum absolute atomic E-state index is 8.92. The van der Waals surface area contributed by atoms with Crippen molar-refractivity contribution >= 4 is 6.08 Å². The number of nitriles is 1. The summed E-state index contributed by atoms with van der Waals surface area (Å²) in [5, 5.41) is 8.92. The highest BCUT2D eigenvalue weighted by atomic mass is 16.5. The van der Waals surface area contributed by atoms with Gasteiger partial charge in [-0.2, -0.15) is 5.26 Å². The second kappa shape index (κ2) is 7.62. The number of morpholine rings is 1. The molecular weight excluding hydrogens is 284 g/mol. The van der Waals surface area contributed by atoms with E-state index in [1.54, 1.807) is 0 Å². The molecule has 23 heavy (non-hydrogen) atoms. The first-order valence-electron chi connectivity index (χ1n) is 7.92. The molecule has 0 unspecified atom stereocenters. The van der Waals surface area contributed by atoms with Gasteiger partial charge in [0.15, 0.2) is 0 Å². The fourth-order valence-corrected chi connectivity index (χ4v) is 2.76. The van der Waals surface area contributed by atoms with E-state index in [0.717, 1.165) is 38.3 Å². The summed E-state index contributed by atoms with van der Waals surface area (Å²) in [6, 6.07) is 20.4. The molecule has 116 valence electrons. The first-order valence-corrected chi connectivity index (χ1v) is 7.92. The molecule has 0 radical (unpaired) electrons. The van der Waals surface area contributed by atoms with Crippen molar-refractivity contribution in [2.45, 2.75) is 6.42 Å². The monoisotopic (exact) mass is 304 g/mol. The molecule has 0 amide bonds. The van der Waals surface area contributed by atoms with Gasteiger partial charge >= 0.3 is 0 Å². The highest BCUT2D eigenvalue weighted by Crippen LogP contribution is 2.18. The molecule has 1 aliphatic heterocycles. The molecule has 0 atom stereocenters. The lowest BCUT2D eigenvalue weighted by atomic mass is 10.1. The second-order valence-corrected chi connectivity index (χ2v) is 5.63. The standard InChI is InChI=1S/C20H20N2O/c21-16-19-8-6-18(7-9-19)15-20(22-10-12-23-13-11-22)14-17-4-2-1-3-5-17/h1-9,15H,10-14H2. The summed E-state index contributed by atoms with van der Waals surface area (Å²) in [5.41, 5.74) is 4.42. The van der Waals surface area contributed by atoms with Crippen LogP contribution in [0, 0.1) is 11.3 Å². The number of hydrogen-bond acceptors (Lipinski definition) is 3. The van der Waals surface area contributed by atoms with E-state index in [4.69, 9.17) is 10.00 Å². The lowest BCUT2D eigenvalue weighted by Crippen LogP contribution is -2.36. The fourth-order valence-electron chi connectivity index (χ4n) is 2.76. The summed E-state index contributed by atoms with van der Waals surface area (Å²) >= 11 is 0. The zero-order valence-electron chi connectivity index (χ0n) is 13.1. The van der Waals surface area contributed by atoms with Crippen LogP contribution < -0.4 is 0 Å². The minimum atomic E-state index is 0.693. The van der Waals surface area contributed by atoms with Gasteiger partial charge < -0.3 is 9.64 Å². The Morgan fingerprint density at radius 3 is 2.39 bits per heavy atom. The third kappa shape index (κ3) is 4.21. The lowest BCUT2D eigenvalue weighted by molar-refractivity contribution is 0.0532. The molecule has 1 fully saturated rings. The zero-order chi connectivity index (χ0) is 15.9. The van der Waals surface area contributed by atoms with Gasteiger partial charge in [-0.05, 0) is 29.3 Å². The maximum atomic E-state index is 8.92. The number of rotatable bonds is 4. The highest BCUT2D eigenvalue weighted by Gasteiger charge is 2.14. The molecule has 0 N–H and O–H groups in total. The Labute approximate surface area is 137 Å². The molecule has 1 saturated heterocycles. The quantitative estimate of drug-likeness (QED) is 0.867. The van der Waals surface area contributed by atoms with Crippen LogP contribution in [0.25, 0.3) is 6.08 Å². The Balaban J connectivity index is 1.86. The van der Waals surface area contributed by atoms with E-state index in [-0.39, 0.29) is 0 Å². The van der Waals surface area contributed by atoms with Crippen LogP contribution >= 0.6 is 0 Å².